The molecule has 0 aromatic rings. The summed E-state index contributed by atoms with van der Waals surface area (Å²) in [4.78, 5) is 73.0. The van der Waals surface area contributed by atoms with Gasteiger partial charge in [0.05, 0.1) is 26.4 Å². The fourth-order valence-electron chi connectivity index (χ4n) is 10.7. The molecule has 0 bridgehead atoms. The fraction of sp³-hybridized carbons (Fsp3) is 0.735. The van der Waals surface area contributed by atoms with E-state index in [0.29, 0.717) is 25.7 Å². The molecule has 0 fully saturated rings. The summed E-state index contributed by atoms with van der Waals surface area (Å²) in [7, 11) is -9.96. The van der Waals surface area contributed by atoms with Gasteiger partial charge in [-0.05, 0) is 122 Å². The lowest BCUT2D eigenvalue weighted by atomic mass is 10.0. The van der Waals surface area contributed by atoms with Crippen molar-refractivity contribution in [2.75, 3.05) is 39.6 Å². The fourth-order valence-corrected chi connectivity index (χ4v) is 12.2. The number of aliphatic hydroxyl groups excluding tert-OH is 1. The van der Waals surface area contributed by atoms with Crippen LogP contribution in [0.1, 0.15) is 336 Å². The third-order valence-electron chi connectivity index (χ3n) is 16.7. The topological polar surface area (TPSA) is 237 Å². The summed E-state index contributed by atoms with van der Waals surface area (Å²) in [6, 6.07) is 0. The molecular formula is C83H144O17P2. The summed E-state index contributed by atoms with van der Waals surface area (Å²) >= 11 is 0. The van der Waals surface area contributed by atoms with E-state index >= 15 is 0 Å². The van der Waals surface area contributed by atoms with Crippen molar-refractivity contribution < 1.29 is 80.2 Å². The molecule has 588 valence electrons. The Morgan fingerprint density at radius 1 is 0.284 bits per heavy atom. The summed E-state index contributed by atoms with van der Waals surface area (Å²) in [5.41, 5.74) is 0. The van der Waals surface area contributed by atoms with Gasteiger partial charge >= 0.3 is 39.5 Å². The van der Waals surface area contributed by atoms with Crippen molar-refractivity contribution in [3.63, 3.8) is 0 Å². The molecule has 5 unspecified atom stereocenters. The predicted molar refractivity (Wildman–Crippen MR) is 418 cm³/mol. The number of carbonyl (C=O) groups excluding carboxylic acids is 4. The Kier molecular flexibility index (Phi) is 71.8. The maximum atomic E-state index is 13.1. The smallest absolute Gasteiger partial charge is 0.462 e. The molecule has 0 aliphatic rings. The Bertz CT molecular complexity index is 2360. The van der Waals surface area contributed by atoms with Crippen LogP contribution in [-0.2, 0) is 65.4 Å². The summed E-state index contributed by atoms with van der Waals surface area (Å²) in [6.45, 7) is 4.59. The number of ether oxygens (including phenoxy) is 4. The van der Waals surface area contributed by atoms with Crippen molar-refractivity contribution in [1.29, 1.82) is 0 Å². The minimum atomic E-state index is -4.99. The van der Waals surface area contributed by atoms with Gasteiger partial charge in [-0.3, -0.25) is 37.3 Å². The Morgan fingerprint density at radius 2 is 0.520 bits per heavy atom. The molecule has 17 nitrogen and oxygen atoms in total. The van der Waals surface area contributed by atoms with E-state index in [2.05, 4.69) is 137 Å². The number of hydrogen-bond donors (Lipinski definition) is 3. The zero-order valence-corrected chi connectivity index (χ0v) is 66.0. The van der Waals surface area contributed by atoms with Crippen LogP contribution in [0.2, 0.25) is 0 Å². The van der Waals surface area contributed by atoms with Gasteiger partial charge in [-0.25, -0.2) is 9.13 Å². The largest absolute Gasteiger partial charge is 0.472 e. The molecule has 5 atom stereocenters. The second-order valence-electron chi connectivity index (χ2n) is 26.6. The number of rotatable bonds is 75. The van der Waals surface area contributed by atoms with Crippen LogP contribution in [0.25, 0.3) is 0 Å². The van der Waals surface area contributed by atoms with Crippen LogP contribution in [0, 0.1) is 0 Å². The van der Waals surface area contributed by atoms with Crippen LogP contribution in [0.5, 0.6) is 0 Å². The van der Waals surface area contributed by atoms with Crippen molar-refractivity contribution in [3.8, 4) is 0 Å². The average molecular weight is 1480 g/mol. The highest BCUT2D eigenvalue weighted by molar-refractivity contribution is 7.47. The SMILES string of the molecule is CC/C=C\C/C=C\C/C=C\C/C=C\CCCCCCCCC(=O)OCC(COP(=O)(O)OCC(O)COP(=O)(O)OCC(COC(=O)CCCCCCCCCCCCCCCCC)OC(=O)CCCCCCC/C=C\CCCC)OC(=O)CCCCCC/C=C\C/C=C\C/C=C\C/C=C\CC. The van der Waals surface area contributed by atoms with E-state index < -0.39 is 97.5 Å². The lowest BCUT2D eigenvalue weighted by molar-refractivity contribution is -0.161. The zero-order chi connectivity index (χ0) is 74.6. The van der Waals surface area contributed by atoms with Gasteiger partial charge in [-0.15, -0.1) is 0 Å². The number of aliphatic hydroxyl groups is 1. The molecule has 0 amide bonds. The Hall–Kier alpha value is -4.28. The predicted octanol–water partition coefficient (Wildman–Crippen LogP) is 23.3. The number of phosphoric ester groups is 2. The Balaban J connectivity index is 5.35. The van der Waals surface area contributed by atoms with Gasteiger partial charge in [-0.1, -0.05) is 298 Å². The molecule has 0 aliphatic carbocycles. The number of allylic oxidation sites excluding steroid dienone is 18. The molecule has 3 N–H and O–H groups in total. The molecule has 0 heterocycles. The summed E-state index contributed by atoms with van der Waals surface area (Å²) in [6.07, 6.45) is 80.7. The van der Waals surface area contributed by atoms with Crippen molar-refractivity contribution in [3.05, 3.63) is 109 Å². The van der Waals surface area contributed by atoms with E-state index in [1.165, 1.54) is 83.5 Å². The van der Waals surface area contributed by atoms with Gasteiger partial charge in [0.25, 0.3) is 0 Å². The highest BCUT2D eigenvalue weighted by atomic mass is 31.2. The van der Waals surface area contributed by atoms with Gasteiger partial charge in [0.15, 0.2) is 12.2 Å². The quantitative estimate of drug-likeness (QED) is 0.0169. The van der Waals surface area contributed by atoms with Gasteiger partial charge in [0.2, 0.25) is 0 Å². The van der Waals surface area contributed by atoms with Crippen LogP contribution < -0.4 is 0 Å². The van der Waals surface area contributed by atoms with E-state index in [0.717, 1.165) is 173 Å². The minimum Gasteiger partial charge on any atom is -0.462 e. The molecular weight excluding hydrogens is 1330 g/mol. The first-order valence-electron chi connectivity index (χ1n) is 40.1. The first-order valence-corrected chi connectivity index (χ1v) is 43.1. The van der Waals surface area contributed by atoms with E-state index in [1.807, 2.05) is 0 Å². The van der Waals surface area contributed by atoms with Crippen molar-refractivity contribution >= 4 is 39.5 Å². The van der Waals surface area contributed by atoms with Gasteiger partial charge in [-0.2, -0.15) is 0 Å². The Morgan fingerprint density at radius 3 is 0.824 bits per heavy atom. The van der Waals surface area contributed by atoms with E-state index in [9.17, 15) is 43.2 Å². The zero-order valence-electron chi connectivity index (χ0n) is 64.3. The maximum Gasteiger partial charge on any atom is 0.472 e. The highest BCUT2D eigenvalue weighted by Crippen LogP contribution is 2.45. The maximum absolute atomic E-state index is 13.1. The lowest BCUT2D eigenvalue weighted by Gasteiger charge is -2.21. The van der Waals surface area contributed by atoms with E-state index in [4.69, 9.17) is 37.0 Å². The number of hydrogen-bond acceptors (Lipinski definition) is 15. The van der Waals surface area contributed by atoms with Crippen molar-refractivity contribution in [2.24, 2.45) is 0 Å². The molecule has 102 heavy (non-hydrogen) atoms. The van der Waals surface area contributed by atoms with E-state index in [-0.39, 0.29) is 25.7 Å². The molecule has 0 aliphatic heterocycles. The minimum absolute atomic E-state index is 0.0622. The van der Waals surface area contributed by atoms with Gasteiger partial charge < -0.3 is 33.8 Å². The molecule has 0 spiro atoms. The van der Waals surface area contributed by atoms with Gasteiger partial charge in [0.1, 0.15) is 19.3 Å². The standard InChI is InChI=1S/C83H144O17P2/c1-5-9-13-17-21-25-29-32-35-37-38-40-42-45-49-52-56-60-64-68-81(86)94-74-79(100-83(88)70-66-62-58-54-50-46-43-39-36-33-30-26-22-18-14-10-6-2)76-98-102(91,92)96-72-77(84)71-95-101(89,90)97-75-78(99-82(87)69-65-61-57-53-47-28-24-20-16-12-8-4)73-93-80(85)67-63-59-55-51-48-44-41-34-31-27-23-19-15-11-7-3/h9-10,13-14,20-22,24-26,32-33,35-36,38,40,43,46,77-79,84H,5-8,11-12,15-19,23,27-31,34,37,39,41-42,44-45,47-76H2,1-4H3,(H,89,90)(H,91,92)/b13-9-,14-10-,24-20-,25-21-,26-22-,35-32-,36-33-,40-38-,46-43-. The summed E-state index contributed by atoms with van der Waals surface area (Å²) in [5.74, 6) is -2.21. The third kappa shape index (κ3) is 74.0. The molecule has 0 saturated carbocycles. The third-order valence-corrected chi connectivity index (χ3v) is 18.6. The number of carbonyl (C=O) groups is 4. The highest BCUT2D eigenvalue weighted by Gasteiger charge is 2.30. The van der Waals surface area contributed by atoms with Crippen LogP contribution in [-0.4, -0.2) is 96.7 Å². The van der Waals surface area contributed by atoms with Crippen LogP contribution >= 0.6 is 15.6 Å². The molecule has 0 rings (SSSR count). The summed E-state index contributed by atoms with van der Waals surface area (Å²) in [5, 5.41) is 10.6. The average Bonchev–Trinajstić information content (AvgIpc) is 0.921. The molecule has 0 saturated heterocycles. The van der Waals surface area contributed by atoms with Gasteiger partial charge in [0, 0.05) is 25.7 Å². The van der Waals surface area contributed by atoms with Crippen LogP contribution in [0.4, 0.5) is 0 Å². The molecule has 0 aromatic carbocycles. The first kappa shape index (κ1) is 97.7. The molecule has 0 aromatic heterocycles. The van der Waals surface area contributed by atoms with Crippen LogP contribution in [0.15, 0.2) is 109 Å². The number of unbranched alkanes of at least 4 members (excludes halogenated alkanes) is 31. The second kappa shape index (κ2) is 75.0. The molecule has 0 radical (unpaired) electrons. The first-order chi connectivity index (χ1) is 49.7. The van der Waals surface area contributed by atoms with Crippen molar-refractivity contribution in [2.45, 2.75) is 354 Å². The summed E-state index contributed by atoms with van der Waals surface area (Å²) < 4.78 is 68.6. The number of esters is 4. The lowest BCUT2D eigenvalue weighted by Crippen LogP contribution is -2.30. The van der Waals surface area contributed by atoms with Crippen LogP contribution in [0.3, 0.4) is 0 Å². The molecule has 19 heteroatoms. The monoisotopic (exact) mass is 1470 g/mol. The van der Waals surface area contributed by atoms with E-state index in [1.54, 1.807) is 0 Å². The normalized spacial score (nSPS) is 14.5. The second-order valence-corrected chi connectivity index (χ2v) is 29.5. The Labute approximate surface area is 619 Å². The van der Waals surface area contributed by atoms with Crippen molar-refractivity contribution in [1.82, 2.24) is 0 Å². The number of phosphoric acid groups is 2.